The lowest BCUT2D eigenvalue weighted by molar-refractivity contribution is -0.140. The van der Waals surface area contributed by atoms with Crippen LogP contribution in [-0.2, 0) is 6.18 Å². The Morgan fingerprint density at radius 2 is 1.85 bits per heavy atom. The van der Waals surface area contributed by atoms with Gasteiger partial charge in [0.2, 0.25) is 0 Å². The molecule has 0 radical (unpaired) electrons. The van der Waals surface area contributed by atoms with Crippen LogP contribution in [0.3, 0.4) is 0 Å². The molecule has 1 amide bonds. The first-order valence-electron chi connectivity index (χ1n) is 6.28. The highest BCUT2D eigenvalue weighted by atomic mass is 19.4. The van der Waals surface area contributed by atoms with Crippen molar-refractivity contribution in [3.05, 3.63) is 35.1 Å². The number of rotatable bonds is 4. The molecule has 0 aliphatic heterocycles. The van der Waals surface area contributed by atoms with Crippen molar-refractivity contribution in [1.82, 2.24) is 5.32 Å². The van der Waals surface area contributed by atoms with Crippen LogP contribution in [0.5, 0.6) is 0 Å². The van der Waals surface area contributed by atoms with E-state index in [1.54, 1.807) is 0 Å². The molecule has 1 atom stereocenters. The van der Waals surface area contributed by atoms with Gasteiger partial charge in [-0.3, -0.25) is 4.79 Å². The second kappa shape index (κ2) is 6.24. The van der Waals surface area contributed by atoms with Crippen molar-refractivity contribution in [3.63, 3.8) is 0 Å². The maximum absolute atomic E-state index is 13.7. The first-order chi connectivity index (χ1) is 9.14. The largest absolute Gasteiger partial charge is 0.419 e. The number of alkyl halides is 3. The molecular formula is C14H17F4NO. The van der Waals surface area contributed by atoms with Crippen LogP contribution >= 0.6 is 0 Å². The standard InChI is InChI=1S/C14H17F4NO/c1-8(2)9(3)7-19-13(20)10-5-4-6-11(12(10)15)14(16,17)18/h4-6,8-9H,7H2,1-3H3,(H,19,20). The molecule has 6 heteroatoms. The van der Waals surface area contributed by atoms with E-state index in [-0.39, 0.29) is 12.5 Å². The molecule has 0 aliphatic carbocycles. The summed E-state index contributed by atoms with van der Waals surface area (Å²) in [5, 5.41) is 2.45. The molecule has 1 unspecified atom stereocenters. The van der Waals surface area contributed by atoms with Gasteiger partial charge in [0.25, 0.3) is 5.91 Å². The van der Waals surface area contributed by atoms with Gasteiger partial charge in [-0.2, -0.15) is 13.2 Å². The van der Waals surface area contributed by atoms with E-state index in [1.807, 2.05) is 20.8 Å². The minimum atomic E-state index is -4.81. The molecule has 0 bridgehead atoms. The van der Waals surface area contributed by atoms with Gasteiger partial charge in [0.15, 0.2) is 0 Å². The minimum absolute atomic E-state index is 0.146. The number of benzene rings is 1. The summed E-state index contributed by atoms with van der Waals surface area (Å²) in [5.74, 6) is -1.91. The highest BCUT2D eigenvalue weighted by Crippen LogP contribution is 2.32. The number of nitrogens with one attached hydrogen (secondary N) is 1. The molecule has 1 rings (SSSR count). The Morgan fingerprint density at radius 3 is 2.35 bits per heavy atom. The number of hydrogen-bond donors (Lipinski definition) is 1. The topological polar surface area (TPSA) is 29.1 Å². The van der Waals surface area contributed by atoms with Crippen molar-refractivity contribution in [2.45, 2.75) is 26.9 Å². The summed E-state index contributed by atoms with van der Waals surface area (Å²) in [7, 11) is 0. The van der Waals surface area contributed by atoms with Crippen molar-refractivity contribution in [3.8, 4) is 0 Å². The Kier molecular flexibility index (Phi) is 5.14. The lowest BCUT2D eigenvalue weighted by atomic mass is 9.98. The van der Waals surface area contributed by atoms with Crippen molar-refractivity contribution in [2.24, 2.45) is 11.8 Å². The molecule has 0 aromatic heterocycles. The third kappa shape index (κ3) is 3.95. The van der Waals surface area contributed by atoms with Crippen LogP contribution < -0.4 is 5.32 Å². The van der Waals surface area contributed by atoms with Gasteiger partial charge in [0, 0.05) is 6.54 Å². The Bertz CT molecular complexity index is 483. The average molecular weight is 291 g/mol. The maximum Gasteiger partial charge on any atom is 0.419 e. The molecule has 1 aromatic rings. The van der Waals surface area contributed by atoms with Gasteiger partial charge in [0.05, 0.1) is 11.1 Å². The Labute approximate surface area is 115 Å². The minimum Gasteiger partial charge on any atom is -0.352 e. The number of hydrogen-bond acceptors (Lipinski definition) is 1. The van der Waals surface area contributed by atoms with E-state index in [4.69, 9.17) is 0 Å². The van der Waals surface area contributed by atoms with Gasteiger partial charge < -0.3 is 5.32 Å². The van der Waals surface area contributed by atoms with E-state index >= 15 is 0 Å². The van der Waals surface area contributed by atoms with Crippen LogP contribution in [0.2, 0.25) is 0 Å². The fourth-order valence-corrected chi connectivity index (χ4v) is 1.51. The summed E-state index contributed by atoms with van der Waals surface area (Å²) in [5.41, 5.74) is -2.02. The van der Waals surface area contributed by atoms with E-state index in [1.165, 1.54) is 0 Å². The van der Waals surface area contributed by atoms with Gasteiger partial charge >= 0.3 is 6.18 Å². The molecule has 0 spiro atoms. The Balaban J connectivity index is 2.90. The smallest absolute Gasteiger partial charge is 0.352 e. The lowest BCUT2D eigenvalue weighted by Gasteiger charge is -2.16. The zero-order valence-electron chi connectivity index (χ0n) is 11.5. The summed E-state index contributed by atoms with van der Waals surface area (Å²) < 4.78 is 51.3. The monoisotopic (exact) mass is 291 g/mol. The average Bonchev–Trinajstić information content (AvgIpc) is 2.34. The van der Waals surface area contributed by atoms with E-state index in [0.29, 0.717) is 12.0 Å². The normalized spacial score (nSPS) is 13.4. The second-order valence-electron chi connectivity index (χ2n) is 5.10. The van der Waals surface area contributed by atoms with Crippen LogP contribution in [0.25, 0.3) is 0 Å². The molecule has 0 aliphatic rings. The molecule has 112 valence electrons. The molecule has 0 saturated heterocycles. The van der Waals surface area contributed by atoms with Gasteiger partial charge in [-0.25, -0.2) is 4.39 Å². The Morgan fingerprint density at radius 1 is 1.25 bits per heavy atom. The fourth-order valence-electron chi connectivity index (χ4n) is 1.51. The quantitative estimate of drug-likeness (QED) is 0.838. The SMILES string of the molecule is CC(C)C(C)CNC(=O)c1cccc(C(F)(F)F)c1F. The zero-order valence-corrected chi connectivity index (χ0v) is 11.5. The molecule has 0 fully saturated rings. The lowest BCUT2D eigenvalue weighted by Crippen LogP contribution is -2.31. The highest BCUT2D eigenvalue weighted by Gasteiger charge is 2.35. The number of halogens is 4. The Hall–Kier alpha value is -1.59. The summed E-state index contributed by atoms with van der Waals surface area (Å²) in [4.78, 5) is 11.8. The summed E-state index contributed by atoms with van der Waals surface area (Å²) >= 11 is 0. The number of amides is 1. The van der Waals surface area contributed by atoms with E-state index in [0.717, 1.165) is 12.1 Å². The fraction of sp³-hybridized carbons (Fsp3) is 0.500. The molecule has 1 aromatic carbocycles. The van der Waals surface area contributed by atoms with Crippen molar-refractivity contribution < 1.29 is 22.4 Å². The second-order valence-corrected chi connectivity index (χ2v) is 5.10. The van der Waals surface area contributed by atoms with Crippen molar-refractivity contribution in [2.75, 3.05) is 6.54 Å². The van der Waals surface area contributed by atoms with Gasteiger partial charge in [-0.15, -0.1) is 0 Å². The number of carbonyl (C=O) groups is 1. The molecule has 0 heterocycles. The maximum atomic E-state index is 13.7. The van der Waals surface area contributed by atoms with E-state index < -0.39 is 29.0 Å². The highest BCUT2D eigenvalue weighted by molar-refractivity contribution is 5.94. The van der Waals surface area contributed by atoms with Crippen molar-refractivity contribution >= 4 is 5.91 Å². The summed E-state index contributed by atoms with van der Waals surface area (Å²) in [6, 6.07) is 2.68. The van der Waals surface area contributed by atoms with Gasteiger partial charge in [-0.1, -0.05) is 26.8 Å². The van der Waals surface area contributed by atoms with Gasteiger partial charge in [0.1, 0.15) is 5.82 Å². The molecular weight excluding hydrogens is 274 g/mol. The molecule has 0 saturated carbocycles. The first-order valence-corrected chi connectivity index (χ1v) is 6.28. The summed E-state index contributed by atoms with van der Waals surface area (Å²) in [6.45, 7) is 6.10. The van der Waals surface area contributed by atoms with E-state index in [9.17, 15) is 22.4 Å². The summed E-state index contributed by atoms with van der Waals surface area (Å²) in [6.07, 6.45) is -4.81. The first kappa shape index (κ1) is 16.5. The van der Waals surface area contributed by atoms with Crippen LogP contribution in [-0.4, -0.2) is 12.5 Å². The van der Waals surface area contributed by atoms with Crippen LogP contribution in [0.1, 0.15) is 36.7 Å². The third-order valence-corrected chi connectivity index (χ3v) is 3.27. The van der Waals surface area contributed by atoms with Gasteiger partial charge in [-0.05, 0) is 24.0 Å². The zero-order chi connectivity index (χ0) is 15.5. The predicted octanol–water partition coefficient (Wildman–Crippen LogP) is 3.87. The van der Waals surface area contributed by atoms with Crippen LogP contribution in [0, 0.1) is 17.7 Å². The third-order valence-electron chi connectivity index (χ3n) is 3.27. The number of carbonyl (C=O) groups excluding carboxylic acids is 1. The molecule has 1 N–H and O–H groups in total. The van der Waals surface area contributed by atoms with E-state index in [2.05, 4.69) is 5.32 Å². The van der Waals surface area contributed by atoms with Crippen LogP contribution in [0.15, 0.2) is 18.2 Å². The van der Waals surface area contributed by atoms with Crippen molar-refractivity contribution in [1.29, 1.82) is 0 Å². The van der Waals surface area contributed by atoms with Crippen LogP contribution in [0.4, 0.5) is 17.6 Å². The molecule has 2 nitrogen and oxygen atoms in total. The predicted molar refractivity (Wildman–Crippen MR) is 67.7 cm³/mol. The molecule has 20 heavy (non-hydrogen) atoms.